The molecule has 0 radical (unpaired) electrons. The zero-order valence-electron chi connectivity index (χ0n) is 8.88. The lowest BCUT2D eigenvalue weighted by Crippen LogP contribution is -2.34. The van der Waals surface area contributed by atoms with Crippen molar-refractivity contribution in [3.8, 4) is 0 Å². The molecule has 5 N–H and O–H groups in total. The Morgan fingerprint density at radius 2 is 2.44 bits per heavy atom. The van der Waals surface area contributed by atoms with Crippen LogP contribution in [0.4, 0.5) is 0 Å². The molecule has 1 aromatic rings. The van der Waals surface area contributed by atoms with Gasteiger partial charge in [0, 0.05) is 11.9 Å². The van der Waals surface area contributed by atoms with Crippen molar-refractivity contribution in [1.29, 1.82) is 0 Å². The predicted molar refractivity (Wildman–Crippen MR) is 60.1 cm³/mol. The van der Waals surface area contributed by atoms with Crippen LogP contribution in [-0.2, 0) is 0 Å². The Bertz CT molecular complexity index is 354. The highest BCUT2D eigenvalue weighted by Gasteiger charge is 2.13. The number of nitrogens with zero attached hydrogens (tertiary/aromatic N) is 1. The van der Waals surface area contributed by atoms with Crippen LogP contribution in [0, 0.1) is 0 Å². The van der Waals surface area contributed by atoms with Gasteiger partial charge < -0.3 is 21.3 Å². The molecule has 0 aromatic carbocycles. The number of aliphatic hydroxyl groups excluding tert-OH is 2. The lowest BCUT2D eigenvalue weighted by Gasteiger charge is -2.07. The zero-order valence-corrected chi connectivity index (χ0v) is 9.70. The average Bonchev–Trinajstić information content (AvgIpc) is 2.74. The van der Waals surface area contributed by atoms with Gasteiger partial charge in [-0.15, -0.1) is 11.3 Å². The fraction of sp³-hybridized carbons (Fsp3) is 0.556. The molecule has 1 aromatic heterocycles. The van der Waals surface area contributed by atoms with E-state index in [1.165, 1.54) is 11.3 Å². The summed E-state index contributed by atoms with van der Waals surface area (Å²) >= 11 is 1.32. The van der Waals surface area contributed by atoms with Crippen molar-refractivity contribution < 1.29 is 15.0 Å². The number of hydrogen-bond acceptors (Lipinski definition) is 6. The van der Waals surface area contributed by atoms with Gasteiger partial charge in [0.1, 0.15) is 10.7 Å². The second kappa shape index (κ2) is 5.90. The second-order valence-corrected chi connectivity index (χ2v) is 4.30. The first-order valence-electron chi connectivity index (χ1n) is 4.82. The van der Waals surface area contributed by atoms with Gasteiger partial charge >= 0.3 is 0 Å². The summed E-state index contributed by atoms with van der Waals surface area (Å²) in [6, 6.07) is -0.199. The van der Waals surface area contributed by atoms with Crippen molar-refractivity contribution in [2.75, 3.05) is 13.2 Å². The molecule has 1 amide bonds. The van der Waals surface area contributed by atoms with Crippen LogP contribution in [0.5, 0.6) is 0 Å². The monoisotopic (exact) mass is 245 g/mol. The SMILES string of the molecule is CC(N)c1nc(C(=O)NCC(O)CO)cs1. The van der Waals surface area contributed by atoms with Crippen molar-refractivity contribution in [3.05, 3.63) is 16.1 Å². The minimum Gasteiger partial charge on any atom is -0.394 e. The highest BCUT2D eigenvalue weighted by Crippen LogP contribution is 2.15. The summed E-state index contributed by atoms with van der Waals surface area (Å²) in [4.78, 5) is 15.6. The van der Waals surface area contributed by atoms with Gasteiger partial charge in [-0.25, -0.2) is 4.98 Å². The molecule has 0 saturated heterocycles. The van der Waals surface area contributed by atoms with Crippen LogP contribution in [0.2, 0.25) is 0 Å². The summed E-state index contributed by atoms with van der Waals surface area (Å²) in [6.45, 7) is 1.40. The van der Waals surface area contributed by atoms with Gasteiger partial charge in [-0.1, -0.05) is 0 Å². The van der Waals surface area contributed by atoms with Gasteiger partial charge in [-0.2, -0.15) is 0 Å². The highest BCUT2D eigenvalue weighted by atomic mass is 32.1. The lowest BCUT2D eigenvalue weighted by molar-refractivity contribution is 0.0799. The molecule has 1 rings (SSSR count). The van der Waals surface area contributed by atoms with E-state index >= 15 is 0 Å². The third kappa shape index (κ3) is 3.53. The van der Waals surface area contributed by atoms with Gasteiger partial charge in [0.05, 0.1) is 18.8 Å². The van der Waals surface area contributed by atoms with Gasteiger partial charge in [0.25, 0.3) is 5.91 Å². The molecule has 0 aliphatic carbocycles. The summed E-state index contributed by atoms with van der Waals surface area (Å²) in [7, 11) is 0. The van der Waals surface area contributed by atoms with Crippen molar-refractivity contribution >= 4 is 17.2 Å². The molecule has 16 heavy (non-hydrogen) atoms. The third-order valence-electron chi connectivity index (χ3n) is 1.85. The molecule has 0 aliphatic rings. The molecule has 0 saturated carbocycles. The number of aromatic nitrogens is 1. The van der Waals surface area contributed by atoms with E-state index in [-0.39, 0.29) is 30.8 Å². The van der Waals surface area contributed by atoms with Crippen molar-refractivity contribution in [3.63, 3.8) is 0 Å². The molecular formula is C9H15N3O3S. The number of nitrogens with one attached hydrogen (secondary N) is 1. The van der Waals surface area contributed by atoms with Crippen molar-refractivity contribution in [2.24, 2.45) is 5.73 Å². The maximum Gasteiger partial charge on any atom is 0.270 e. The van der Waals surface area contributed by atoms with E-state index in [2.05, 4.69) is 10.3 Å². The van der Waals surface area contributed by atoms with Crippen LogP contribution in [-0.4, -0.2) is 40.4 Å². The Kier molecular flexibility index (Phi) is 4.81. The quantitative estimate of drug-likeness (QED) is 0.545. The number of carbonyl (C=O) groups is 1. The molecule has 0 fully saturated rings. The van der Waals surface area contributed by atoms with Crippen LogP contribution in [0.15, 0.2) is 5.38 Å². The largest absolute Gasteiger partial charge is 0.394 e. The summed E-state index contributed by atoms with van der Waals surface area (Å²) < 4.78 is 0. The zero-order chi connectivity index (χ0) is 12.1. The first kappa shape index (κ1) is 13.0. The topological polar surface area (TPSA) is 108 Å². The third-order valence-corrected chi connectivity index (χ3v) is 2.90. The van der Waals surface area contributed by atoms with E-state index in [1.54, 1.807) is 12.3 Å². The smallest absolute Gasteiger partial charge is 0.270 e. The number of nitrogens with two attached hydrogens (primary N) is 1. The molecule has 90 valence electrons. The normalized spacial score (nSPS) is 14.5. The number of thiazole rings is 1. The first-order chi connectivity index (χ1) is 7.54. The van der Waals surface area contributed by atoms with E-state index in [0.717, 1.165) is 0 Å². The predicted octanol–water partition coefficient (Wildman–Crippen LogP) is -0.754. The molecular weight excluding hydrogens is 230 g/mol. The minimum atomic E-state index is -0.949. The molecule has 2 unspecified atom stereocenters. The molecule has 0 bridgehead atoms. The molecule has 0 spiro atoms. The standard InChI is InChI=1S/C9H15N3O3S/c1-5(10)9-12-7(4-16-9)8(15)11-2-6(14)3-13/h4-6,13-14H,2-3,10H2,1H3,(H,11,15). The molecule has 6 nitrogen and oxygen atoms in total. The Labute approximate surface area is 97.1 Å². The van der Waals surface area contributed by atoms with Gasteiger partial charge in [0.15, 0.2) is 0 Å². The lowest BCUT2D eigenvalue weighted by atomic mass is 10.3. The molecule has 7 heteroatoms. The van der Waals surface area contributed by atoms with Crippen molar-refractivity contribution in [2.45, 2.75) is 19.1 Å². The summed E-state index contributed by atoms with van der Waals surface area (Å²) in [5.41, 5.74) is 5.89. The Balaban J connectivity index is 2.53. The van der Waals surface area contributed by atoms with Gasteiger partial charge in [-0.05, 0) is 6.92 Å². The van der Waals surface area contributed by atoms with Crippen molar-refractivity contribution in [1.82, 2.24) is 10.3 Å². The summed E-state index contributed by atoms with van der Waals surface area (Å²) in [6.07, 6.45) is -0.949. The van der Waals surface area contributed by atoms with Crippen LogP contribution >= 0.6 is 11.3 Å². The molecule has 1 heterocycles. The number of carbonyl (C=O) groups excluding carboxylic acids is 1. The van der Waals surface area contributed by atoms with Crippen LogP contribution < -0.4 is 11.1 Å². The Morgan fingerprint density at radius 1 is 1.75 bits per heavy atom. The average molecular weight is 245 g/mol. The van der Waals surface area contributed by atoms with E-state index in [9.17, 15) is 4.79 Å². The van der Waals surface area contributed by atoms with Crippen LogP contribution in [0.1, 0.15) is 28.5 Å². The Morgan fingerprint density at radius 3 is 2.94 bits per heavy atom. The van der Waals surface area contributed by atoms with E-state index < -0.39 is 6.10 Å². The maximum absolute atomic E-state index is 11.5. The summed E-state index contributed by atoms with van der Waals surface area (Å²) in [5.74, 6) is -0.379. The maximum atomic E-state index is 11.5. The fourth-order valence-corrected chi connectivity index (χ4v) is 1.72. The van der Waals surface area contributed by atoms with E-state index in [4.69, 9.17) is 15.9 Å². The highest BCUT2D eigenvalue weighted by molar-refractivity contribution is 7.09. The Hall–Kier alpha value is -1.02. The van der Waals surface area contributed by atoms with Crippen LogP contribution in [0.25, 0.3) is 0 Å². The second-order valence-electron chi connectivity index (χ2n) is 3.41. The fourth-order valence-electron chi connectivity index (χ4n) is 0.967. The van der Waals surface area contributed by atoms with Gasteiger partial charge in [-0.3, -0.25) is 4.79 Å². The van der Waals surface area contributed by atoms with E-state index in [1.807, 2.05) is 0 Å². The molecule has 2 atom stereocenters. The number of aliphatic hydroxyl groups is 2. The minimum absolute atomic E-state index is 0.000369. The van der Waals surface area contributed by atoms with E-state index in [0.29, 0.717) is 5.01 Å². The summed E-state index contributed by atoms with van der Waals surface area (Å²) in [5, 5.41) is 22.4. The van der Waals surface area contributed by atoms with Crippen LogP contribution in [0.3, 0.4) is 0 Å². The van der Waals surface area contributed by atoms with Gasteiger partial charge in [0.2, 0.25) is 0 Å². The molecule has 0 aliphatic heterocycles. The first-order valence-corrected chi connectivity index (χ1v) is 5.70. The number of hydrogen-bond donors (Lipinski definition) is 4. The number of rotatable bonds is 5. The number of amides is 1.